The molecule has 5 heteroatoms. The average molecular weight is 284 g/mol. The van der Waals surface area contributed by atoms with Gasteiger partial charge in [0.25, 0.3) is 0 Å². The van der Waals surface area contributed by atoms with E-state index in [-0.39, 0.29) is 29.1 Å². The van der Waals surface area contributed by atoms with Crippen molar-refractivity contribution >= 4 is 23.6 Å². The second-order valence-corrected chi connectivity index (χ2v) is 7.03. The third kappa shape index (κ3) is 3.72. The van der Waals surface area contributed by atoms with Gasteiger partial charge in [0.05, 0.1) is 5.25 Å². The lowest BCUT2D eigenvalue weighted by Gasteiger charge is -2.29. The number of rotatable bonds is 5. The van der Waals surface area contributed by atoms with Crippen molar-refractivity contribution < 1.29 is 9.59 Å². The van der Waals surface area contributed by atoms with Crippen LogP contribution in [0.5, 0.6) is 0 Å². The van der Waals surface area contributed by atoms with Gasteiger partial charge in [0.2, 0.25) is 11.8 Å². The summed E-state index contributed by atoms with van der Waals surface area (Å²) in [5.74, 6) is 0.946. The van der Waals surface area contributed by atoms with Crippen LogP contribution < -0.4 is 5.73 Å². The molecule has 1 saturated heterocycles. The van der Waals surface area contributed by atoms with Gasteiger partial charge in [-0.2, -0.15) is 0 Å². The summed E-state index contributed by atoms with van der Waals surface area (Å²) in [5, 5.41) is -0.159. The number of likely N-dealkylation sites (tertiary alicyclic amines) is 1. The van der Waals surface area contributed by atoms with Gasteiger partial charge in [-0.3, -0.25) is 14.5 Å². The highest BCUT2D eigenvalue weighted by atomic mass is 32.2. The summed E-state index contributed by atoms with van der Waals surface area (Å²) in [6.45, 7) is 1.97. The van der Waals surface area contributed by atoms with Crippen LogP contribution in [-0.4, -0.2) is 39.8 Å². The molecule has 1 saturated carbocycles. The first kappa shape index (κ1) is 14.9. The molecule has 2 unspecified atom stereocenters. The van der Waals surface area contributed by atoms with Crippen molar-refractivity contribution in [3.05, 3.63) is 0 Å². The zero-order chi connectivity index (χ0) is 13.8. The highest BCUT2D eigenvalue weighted by Crippen LogP contribution is 2.32. The van der Waals surface area contributed by atoms with Crippen LogP contribution >= 0.6 is 11.8 Å². The number of amides is 2. The zero-order valence-corrected chi connectivity index (χ0v) is 12.5. The van der Waals surface area contributed by atoms with E-state index in [1.807, 2.05) is 6.92 Å². The van der Waals surface area contributed by atoms with Crippen LogP contribution in [-0.2, 0) is 9.59 Å². The molecule has 2 aliphatic rings. The monoisotopic (exact) mass is 284 g/mol. The Bertz CT molecular complexity index is 340. The van der Waals surface area contributed by atoms with Gasteiger partial charge in [0.15, 0.2) is 0 Å². The molecule has 2 amide bonds. The van der Waals surface area contributed by atoms with Crippen LogP contribution in [0.25, 0.3) is 0 Å². The Morgan fingerprint density at radius 1 is 1.32 bits per heavy atom. The van der Waals surface area contributed by atoms with E-state index < -0.39 is 0 Å². The standard InChI is InChI=1S/C14H24N2O2S/c1-10(15)7-8-19-12-9-13(17)16(14(12)18)11-5-3-2-4-6-11/h10-12H,2-9,15H2,1H3. The number of hydrogen-bond donors (Lipinski definition) is 1. The van der Waals surface area contributed by atoms with Crippen molar-refractivity contribution in [1.29, 1.82) is 0 Å². The van der Waals surface area contributed by atoms with Crippen LogP contribution in [0.1, 0.15) is 51.9 Å². The molecule has 19 heavy (non-hydrogen) atoms. The SMILES string of the molecule is CC(N)CCSC1CC(=O)N(C2CCCCC2)C1=O. The molecule has 1 heterocycles. The summed E-state index contributed by atoms with van der Waals surface area (Å²) < 4.78 is 0. The molecule has 4 nitrogen and oxygen atoms in total. The largest absolute Gasteiger partial charge is 0.328 e. The number of imide groups is 1. The van der Waals surface area contributed by atoms with E-state index in [4.69, 9.17) is 5.73 Å². The van der Waals surface area contributed by atoms with Gasteiger partial charge in [0, 0.05) is 18.5 Å². The third-order valence-electron chi connectivity index (χ3n) is 3.97. The lowest BCUT2D eigenvalue weighted by Crippen LogP contribution is -2.41. The van der Waals surface area contributed by atoms with Gasteiger partial charge >= 0.3 is 0 Å². The summed E-state index contributed by atoms with van der Waals surface area (Å²) in [7, 11) is 0. The molecule has 2 rings (SSSR count). The van der Waals surface area contributed by atoms with Gasteiger partial charge in [-0.05, 0) is 31.9 Å². The average Bonchev–Trinajstić information content (AvgIpc) is 2.65. The fourth-order valence-corrected chi connectivity index (χ4v) is 4.18. The highest BCUT2D eigenvalue weighted by Gasteiger charge is 2.42. The van der Waals surface area contributed by atoms with Crippen molar-refractivity contribution in [2.24, 2.45) is 5.73 Å². The van der Waals surface area contributed by atoms with E-state index in [1.165, 1.54) is 6.42 Å². The molecule has 2 atom stereocenters. The van der Waals surface area contributed by atoms with Crippen LogP contribution in [0.4, 0.5) is 0 Å². The number of hydrogen-bond acceptors (Lipinski definition) is 4. The molecular weight excluding hydrogens is 260 g/mol. The smallest absolute Gasteiger partial charge is 0.243 e. The Balaban J connectivity index is 1.88. The molecule has 1 aliphatic heterocycles. The minimum Gasteiger partial charge on any atom is -0.328 e. The number of nitrogens with two attached hydrogens (primary N) is 1. The van der Waals surface area contributed by atoms with E-state index in [1.54, 1.807) is 16.7 Å². The summed E-state index contributed by atoms with van der Waals surface area (Å²) in [4.78, 5) is 26.0. The Morgan fingerprint density at radius 3 is 2.63 bits per heavy atom. The van der Waals surface area contributed by atoms with E-state index in [0.29, 0.717) is 6.42 Å². The first-order chi connectivity index (χ1) is 9.09. The molecule has 0 aromatic heterocycles. The first-order valence-corrected chi connectivity index (χ1v) is 8.37. The molecule has 2 fully saturated rings. The Morgan fingerprint density at radius 2 is 2.00 bits per heavy atom. The van der Waals surface area contributed by atoms with Crippen LogP contribution in [0.3, 0.4) is 0 Å². The third-order valence-corrected chi connectivity index (χ3v) is 5.22. The highest BCUT2D eigenvalue weighted by molar-refractivity contribution is 8.00. The maximum absolute atomic E-state index is 12.3. The quantitative estimate of drug-likeness (QED) is 0.783. The summed E-state index contributed by atoms with van der Waals surface area (Å²) >= 11 is 1.60. The van der Waals surface area contributed by atoms with Crippen molar-refractivity contribution in [1.82, 2.24) is 4.90 Å². The second kappa shape index (κ2) is 6.75. The van der Waals surface area contributed by atoms with Crippen molar-refractivity contribution in [2.75, 3.05) is 5.75 Å². The maximum Gasteiger partial charge on any atom is 0.243 e. The van der Waals surface area contributed by atoms with Crippen LogP contribution in [0.2, 0.25) is 0 Å². The molecule has 2 N–H and O–H groups in total. The summed E-state index contributed by atoms with van der Waals surface area (Å²) in [6, 6.07) is 0.335. The van der Waals surface area contributed by atoms with Gasteiger partial charge in [0.1, 0.15) is 0 Å². The first-order valence-electron chi connectivity index (χ1n) is 7.32. The van der Waals surface area contributed by atoms with Crippen molar-refractivity contribution in [3.63, 3.8) is 0 Å². The van der Waals surface area contributed by atoms with Crippen molar-refractivity contribution in [2.45, 2.75) is 69.2 Å². The van der Waals surface area contributed by atoms with E-state index in [9.17, 15) is 9.59 Å². The van der Waals surface area contributed by atoms with Crippen LogP contribution in [0.15, 0.2) is 0 Å². The van der Waals surface area contributed by atoms with Gasteiger partial charge in [-0.1, -0.05) is 19.3 Å². The normalized spacial score (nSPS) is 27.1. The zero-order valence-electron chi connectivity index (χ0n) is 11.6. The molecule has 0 radical (unpaired) electrons. The number of carbonyl (C=O) groups excluding carboxylic acids is 2. The fourth-order valence-electron chi connectivity index (χ4n) is 2.87. The fraction of sp³-hybridized carbons (Fsp3) is 0.857. The topological polar surface area (TPSA) is 63.4 Å². The predicted octanol–water partition coefficient (Wildman–Crippen LogP) is 1.92. The second-order valence-electron chi connectivity index (χ2n) is 5.72. The summed E-state index contributed by atoms with van der Waals surface area (Å²) in [5.41, 5.74) is 5.71. The van der Waals surface area contributed by atoms with Gasteiger partial charge in [-0.15, -0.1) is 11.8 Å². The molecule has 108 valence electrons. The minimum absolute atomic E-state index is 0.0372. The molecular formula is C14H24N2O2S. The molecule has 0 spiro atoms. The lowest BCUT2D eigenvalue weighted by atomic mass is 9.94. The van der Waals surface area contributed by atoms with Crippen LogP contribution in [0, 0.1) is 0 Å². The molecule has 1 aliphatic carbocycles. The summed E-state index contributed by atoms with van der Waals surface area (Å²) in [6.07, 6.45) is 6.79. The Kier molecular flexibility index (Phi) is 5.28. The molecule has 0 aromatic carbocycles. The van der Waals surface area contributed by atoms with E-state index in [2.05, 4.69) is 0 Å². The number of nitrogens with zero attached hydrogens (tertiary/aromatic N) is 1. The maximum atomic E-state index is 12.3. The lowest BCUT2D eigenvalue weighted by molar-refractivity contribution is -0.141. The predicted molar refractivity (Wildman–Crippen MR) is 77.9 cm³/mol. The van der Waals surface area contributed by atoms with E-state index >= 15 is 0 Å². The van der Waals surface area contributed by atoms with Gasteiger partial charge < -0.3 is 5.73 Å². The number of carbonyl (C=O) groups is 2. The Labute approximate surface area is 119 Å². The molecule has 0 aromatic rings. The van der Waals surface area contributed by atoms with E-state index in [0.717, 1.165) is 37.9 Å². The minimum atomic E-state index is -0.159. The molecule has 0 bridgehead atoms. The Hall–Kier alpha value is -0.550. The number of thioether (sulfide) groups is 1. The van der Waals surface area contributed by atoms with Gasteiger partial charge in [-0.25, -0.2) is 0 Å². The van der Waals surface area contributed by atoms with Crippen molar-refractivity contribution in [3.8, 4) is 0 Å².